The fourth-order valence-corrected chi connectivity index (χ4v) is 2.17. The van der Waals surface area contributed by atoms with Crippen molar-refractivity contribution in [2.45, 2.75) is 19.4 Å². The molecule has 0 fully saturated rings. The quantitative estimate of drug-likeness (QED) is 0.117. The third kappa shape index (κ3) is 19.3. The zero-order valence-corrected chi connectivity index (χ0v) is 19.2. The van der Waals surface area contributed by atoms with E-state index >= 15 is 0 Å². The first-order chi connectivity index (χ1) is 15.0. The van der Waals surface area contributed by atoms with E-state index in [0.29, 0.717) is 38.8 Å². The number of hydrogen-bond donors (Lipinski definition) is 6. The molecule has 1 aromatic carbocycles. The van der Waals surface area contributed by atoms with Gasteiger partial charge in [-0.1, -0.05) is 30.3 Å². The van der Waals surface area contributed by atoms with Crippen molar-refractivity contribution in [3.8, 4) is 0 Å². The van der Waals surface area contributed by atoms with Crippen molar-refractivity contribution in [2.24, 2.45) is 5.73 Å². The van der Waals surface area contributed by atoms with E-state index in [4.69, 9.17) is 37.6 Å². The smallest absolute Gasteiger partial charge is 0.413 e. The maximum atomic E-state index is 11.4. The van der Waals surface area contributed by atoms with Crippen molar-refractivity contribution in [1.82, 2.24) is 21.3 Å². The van der Waals surface area contributed by atoms with E-state index in [2.05, 4.69) is 21.3 Å². The molecule has 0 saturated heterocycles. The lowest BCUT2D eigenvalue weighted by atomic mass is 10.2. The first-order valence-electron chi connectivity index (χ1n) is 10.0. The Morgan fingerprint density at radius 3 is 2.23 bits per heavy atom. The van der Waals surface area contributed by atoms with Crippen LogP contribution >= 0.6 is 12.2 Å². The molecular formula is C20H36N6O4S. The second-order valence-corrected chi connectivity index (χ2v) is 6.56. The highest BCUT2D eigenvalue weighted by Crippen LogP contribution is 2.00. The SMILES string of the molecule is COCCNC(=N)NCCCCN.COCCNC(=S)NC(=O)OCc1ccccc1. The highest BCUT2D eigenvalue weighted by atomic mass is 32.1. The standard InChI is InChI=1S/C12H16N2O3S.C8H20N4O/c1-16-8-7-13-11(18)14-12(15)17-9-10-5-3-2-4-6-10;1-13-7-6-12-8(10)11-5-3-2-4-9/h2-6H,7-9H2,1H3,(H2,13,14,15,18);2-7,9H2,1H3,(H3,10,11,12). The normalized spacial score (nSPS) is 9.65. The van der Waals surface area contributed by atoms with Gasteiger partial charge in [0.25, 0.3) is 0 Å². The van der Waals surface area contributed by atoms with E-state index in [0.717, 1.165) is 24.9 Å². The largest absolute Gasteiger partial charge is 0.444 e. The summed E-state index contributed by atoms with van der Waals surface area (Å²) in [6.45, 7) is 4.07. The van der Waals surface area contributed by atoms with Crippen LogP contribution in [0.3, 0.4) is 0 Å². The number of nitrogens with two attached hydrogens (primary N) is 1. The maximum Gasteiger partial charge on any atom is 0.413 e. The molecule has 1 amide bonds. The zero-order chi connectivity index (χ0) is 23.2. The number of benzene rings is 1. The fraction of sp³-hybridized carbons (Fsp3) is 0.550. The summed E-state index contributed by atoms with van der Waals surface area (Å²) in [6.07, 6.45) is 1.43. The highest BCUT2D eigenvalue weighted by Gasteiger charge is 2.05. The molecule has 10 nitrogen and oxygen atoms in total. The number of nitrogens with one attached hydrogen (secondary N) is 5. The molecule has 0 saturated carbocycles. The van der Waals surface area contributed by atoms with Gasteiger partial charge in [-0.15, -0.1) is 0 Å². The molecule has 0 aliphatic carbocycles. The summed E-state index contributed by atoms with van der Waals surface area (Å²) in [5.41, 5.74) is 6.25. The summed E-state index contributed by atoms with van der Waals surface area (Å²) in [6, 6.07) is 9.42. The van der Waals surface area contributed by atoms with Gasteiger partial charge in [0.05, 0.1) is 13.2 Å². The molecule has 1 aromatic rings. The Morgan fingerprint density at radius 1 is 1.00 bits per heavy atom. The molecule has 176 valence electrons. The van der Waals surface area contributed by atoms with Crippen molar-refractivity contribution in [1.29, 1.82) is 5.41 Å². The topological polar surface area (TPSA) is 143 Å². The molecule has 0 radical (unpaired) electrons. The third-order valence-electron chi connectivity index (χ3n) is 3.56. The highest BCUT2D eigenvalue weighted by molar-refractivity contribution is 7.80. The van der Waals surface area contributed by atoms with E-state index in [1.807, 2.05) is 30.3 Å². The predicted molar refractivity (Wildman–Crippen MR) is 126 cm³/mol. The minimum atomic E-state index is -0.575. The van der Waals surface area contributed by atoms with Gasteiger partial charge in [-0.25, -0.2) is 4.79 Å². The van der Waals surface area contributed by atoms with Crippen LogP contribution in [0.25, 0.3) is 0 Å². The number of thiocarbonyl (C=S) groups is 1. The van der Waals surface area contributed by atoms with Gasteiger partial charge in [0.2, 0.25) is 0 Å². The third-order valence-corrected chi connectivity index (χ3v) is 3.81. The lowest BCUT2D eigenvalue weighted by Gasteiger charge is -2.09. The van der Waals surface area contributed by atoms with Crippen LogP contribution < -0.4 is 27.0 Å². The predicted octanol–water partition coefficient (Wildman–Crippen LogP) is 0.919. The van der Waals surface area contributed by atoms with Crippen LogP contribution in [0, 0.1) is 5.41 Å². The fourth-order valence-electron chi connectivity index (χ4n) is 1.99. The van der Waals surface area contributed by atoms with Gasteiger partial charge in [-0.2, -0.15) is 0 Å². The number of amides is 1. The van der Waals surface area contributed by atoms with Crippen molar-refractivity contribution in [2.75, 3.05) is 53.6 Å². The lowest BCUT2D eigenvalue weighted by molar-refractivity contribution is 0.145. The monoisotopic (exact) mass is 456 g/mol. The van der Waals surface area contributed by atoms with Gasteiger partial charge in [-0.05, 0) is 37.2 Å². The number of rotatable bonds is 12. The van der Waals surface area contributed by atoms with Crippen LogP contribution in [-0.4, -0.2) is 70.8 Å². The molecule has 0 bridgehead atoms. The van der Waals surface area contributed by atoms with E-state index in [9.17, 15) is 4.79 Å². The molecule has 0 unspecified atom stereocenters. The van der Waals surface area contributed by atoms with Crippen molar-refractivity contribution >= 4 is 29.4 Å². The summed E-state index contributed by atoms with van der Waals surface area (Å²) < 4.78 is 14.7. The molecule has 0 atom stereocenters. The van der Waals surface area contributed by atoms with Crippen LogP contribution in [0.2, 0.25) is 0 Å². The Hall–Kier alpha value is -2.47. The van der Waals surface area contributed by atoms with Crippen LogP contribution in [0.5, 0.6) is 0 Å². The molecule has 0 aliphatic rings. The second kappa shape index (κ2) is 20.8. The minimum Gasteiger partial charge on any atom is -0.444 e. The first kappa shape index (κ1) is 28.5. The Kier molecular flexibility index (Phi) is 19.1. The van der Waals surface area contributed by atoms with E-state index in [1.54, 1.807) is 14.2 Å². The molecule has 31 heavy (non-hydrogen) atoms. The Morgan fingerprint density at radius 2 is 1.61 bits per heavy atom. The molecule has 0 heterocycles. The van der Waals surface area contributed by atoms with Crippen molar-refractivity contribution < 1.29 is 19.0 Å². The van der Waals surface area contributed by atoms with Gasteiger partial charge >= 0.3 is 6.09 Å². The van der Waals surface area contributed by atoms with Crippen LogP contribution in [0.15, 0.2) is 30.3 Å². The number of methoxy groups -OCH3 is 2. The number of guanidine groups is 1. The van der Waals surface area contributed by atoms with Crippen LogP contribution in [-0.2, 0) is 20.8 Å². The average molecular weight is 457 g/mol. The van der Waals surface area contributed by atoms with Crippen LogP contribution in [0.1, 0.15) is 18.4 Å². The Balaban J connectivity index is 0.000000615. The maximum absolute atomic E-state index is 11.4. The molecule has 0 aliphatic heterocycles. The number of carbonyl (C=O) groups excluding carboxylic acids is 1. The van der Waals surface area contributed by atoms with Gasteiger partial charge in [0.15, 0.2) is 11.1 Å². The van der Waals surface area contributed by atoms with E-state index < -0.39 is 6.09 Å². The number of hydrogen-bond acceptors (Lipinski definition) is 7. The summed E-state index contributed by atoms with van der Waals surface area (Å²) >= 11 is 4.90. The first-order valence-corrected chi connectivity index (χ1v) is 10.4. The average Bonchev–Trinajstić information content (AvgIpc) is 2.77. The second-order valence-electron chi connectivity index (χ2n) is 6.15. The van der Waals surface area contributed by atoms with Crippen molar-refractivity contribution in [3.63, 3.8) is 0 Å². The number of alkyl carbamates (subject to hydrolysis) is 1. The number of unbranched alkanes of at least 4 members (excludes halogenated alkanes) is 1. The zero-order valence-electron chi connectivity index (χ0n) is 18.4. The lowest BCUT2D eigenvalue weighted by Crippen LogP contribution is -2.40. The van der Waals surface area contributed by atoms with Gasteiger partial charge in [0, 0.05) is 33.9 Å². The van der Waals surface area contributed by atoms with E-state index in [1.165, 1.54) is 0 Å². The summed E-state index contributed by atoms with van der Waals surface area (Å²) in [5.74, 6) is 0.356. The van der Waals surface area contributed by atoms with Gasteiger partial charge in [0.1, 0.15) is 6.61 Å². The van der Waals surface area contributed by atoms with Crippen molar-refractivity contribution in [3.05, 3.63) is 35.9 Å². The molecule has 0 aromatic heterocycles. The van der Waals surface area contributed by atoms with Gasteiger partial charge < -0.3 is 35.9 Å². The number of ether oxygens (including phenoxy) is 3. The van der Waals surface area contributed by atoms with E-state index in [-0.39, 0.29) is 11.7 Å². The molecule has 0 spiro atoms. The molecular weight excluding hydrogens is 420 g/mol. The Labute approximate surface area is 190 Å². The summed E-state index contributed by atoms with van der Waals surface area (Å²) in [5, 5.41) is 18.7. The summed E-state index contributed by atoms with van der Waals surface area (Å²) in [7, 11) is 3.23. The molecule has 11 heteroatoms. The van der Waals surface area contributed by atoms with Crippen LogP contribution in [0.4, 0.5) is 4.79 Å². The Bertz CT molecular complexity index is 607. The molecule has 1 rings (SSSR count). The molecule has 7 N–H and O–H groups in total. The minimum absolute atomic E-state index is 0.216. The number of carbonyl (C=O) groups is 1. The van der Waals surface area contributed by atoms with Gasteiger partial charge in [-0.3, -0.25) is 10.7 Å². The summed E-state index contributed by atoms with van der Waals surface area (Å²) in [4.78, 5) is 11.4.